The van der Waals surface area contributed by atoms with Crippen molar-refractivity contribution in [3.05, 3.63) is 0 Å². The molecule has 0 bridgehead atoms. The Morgan fingerprint density at radius 3 is 2.47 bits per heavy atom. The van der Waals surface area contributed by atoms with Crippen LogP contribution in [0, 0.1) is 5.92 Å². The quantitative estimate of drug-likeness (QED) is 0.801. The minimum absolute atomic E-state index is 0.0171. The molecule has 0 spiro atoms. The largest absolute Gasteiger partial charge is 0.381 e. The van der Waals surface area contributed by atoms with Gasteiger partial charge in [0.05, 0.1) is 5.60 Å². The van der Waals surface area contributed by atoms with Crippen molar-refractivity contribution in [1.29, 1.82) is 0 Å². The van der Waals surface area contributed by atoms with Crippen molar-refractivity contribution < 1.29 is 9.47 Å². The molecular weight excluding hydrogens is 214 g/mol. The molecule has 3 heteroatoms. The second-order valence-electron chi connectivity index (χ2n) is 5.46. The van der Waals surface area contributed by atoms with Gasteiger partial charge in [-0.3, -0.25) is 0 Å². The Hall–Kier alpha value is -0.120. The summed E-state index contributed by atoms with van der Waals surface area (Å²) in [5, 5.41) is 3.71. The average Bonchev–Trinajstić information content (AvgIpc) is 2.90. The molecule has 3 nitrogen and oxygen atoms in total. The lowest BCUT2D eigenvalue weighted by atomic mass is 9.78. The monoisotopic (exact) mass is 241 g/mol. The van der Waals surface area contributed by atoms with E-state index in [0.717, 1.165) is 38.5 Å². The van der Waals surface area contributed by atoms with E-state index in [4.69, 9.17) is 9.47 Å². The second kappa shape index (κ2) is 6.17. The lowest BCUT2D eigenvalue weighted by molar-refractivity contribution is -0.120. The number of rotatable bonds is 5. The Morgan fingerprint density at radius 2 is 1.94 bits per heavy atom. The van der Waals surface area contributed by atoms with E-state index in [-0.39, 0.29) is 5.60 Å². The standard InChI is InChI=1S/C14H27NO2/c1-3-15-13(12-6-4-5-7-12)14(16-2)8-10-17-11-9-14/h12-13,15H,3-11H2,1-2H3. The molecule has 2 aliphatic rings. The van der Waals surface area contributed by atoms with Gasteiger partial charge in [0.15, 0.2) is 0 Å². The Bertz CT molecular complexity index is 220. The molecule has 2 rings (SSSR count). The van der Waals surface area contributed by atoms with E-state index in [9.17, 15) is 0 Å². The van der Waals surface area contributed by atoms with Crippen LogP contribution in [-0.4, -0.2) is 38.5 Å². The number of nitrogens with one attached hydrogen (secondary N) is 1. The number of hydrogen-bond donors (Lipinski definition) is 1. The van der Waals surface area contributed by atoms with Crippen molar-refractivity contribution in [1.82, 2.24) is 5.32 Å². The zero-order valence-corrected chi connectivity index (χ0v) is 11.3. The van der Waals surface area contributed by atoms with Crippen LogP contribution >= 0.6 is 0 Å². The highest BCUT2D eigenvalue weighted by molar-refractivity contribution is 4.99. The van der Waals surface area contributed by atoms with Crippen LogP contribution < -0.4 is 5.32 Å². The molecule has 0 aromatic carbocycles. The van der Waals surface area contributed by atoms with Gasteiger partial charge >= 0.3 is 0 Å². The van der Waals surface area contributed by atoms with Crippen LogP contribution in [0.1, 0.15) is 45.4 Å². The van der Waals surface area contributed by atoms with Gasteiger partial charge in [-0.1, -0.05) is 19.8 Å². The van der Waals surface area contributed by atoms with E-state index >= 15 is 0 Å². The van der Waals surface area contributed by atoms with Crippen LogP contribution in [0.2, 0.25) is 0 Å². The van der Waals surface area contributed by atoms with E-state index in [1.165, 1.54) is 25.7 Å². The first kappa shape index (κ1) is 13.3. The van der Waals surface area contributed by atoms with Gasteiger partial charge in [-0.2, -0.15) is 0 Å². The molecule has 1 unspecified atom stereocenters. The van der Waals surface area contributed by atoms with Crippen molar-refractivity contribution in [2.45, 2.75) is 57.1 Å². The van der Waals surface area contributed by atoms with Crippen molar-refractivity contribution in [2.75, 3.05) is 26.9 Å². The molecule has 1 saturated heterocycles. The lowest BCUT2D eigenvalue weighted by Crippen LogP contribution is -2.57. The van der Waals surface area contributed by atoms with Gasteiger partial charge in [-0.25, -0.2) is 0 Å². The summed E-state index contributed by atoms with van der Waals surface area (Å²) < 4.78 is 11.5. The first-order valence-corrected chi connectivity index (χ1v) is 7.18. The predicted molar refractivity (Wildman–Crippen MR) is 69.2 cm³/mol. The summed E-state index contributed by atoms with van der Waals surface area (Å²) >= 11 is 0. The van der Waals surface area contributed by atoms with Crippen LogP contribution in [0.5, 0.6) is 0 Å². The number of likely N-dealkylation sites (N-methyl/N-ethyl adjacent to an activating group) is 1. The summed E-state index contributed by atoms with van der Waals surface area (Å²) in [6, 6.07) is 0.518. The maximum absolute atomic E-state index is 5.96. The van der Waals surface area contributed by atoms with Crippen molar-refractivity contribution in [3.63, 3.8) is 0 Å². The maximum atomic E-state index is 5.96. The van der Waals surface area contributed by atoms with Crippen LogP contribution in [0.4, 0.5) is 0 Å². The molecule has 0 amide bonds. The fraction of sp³-hybridized carbons (Fsp3) is 1.00. The van der Waals surface area contributed by atoms with Gasteiger partial charge in [0.1, 0.15) is 0 Å². The minimum Gasteiger partial charge on any atom is -0.381 e. The first-order chi connectivity index (χ1) is 8.32. The summed E-state index contributed by atoms with van der Waals surface area (Å²) in [4.78, 5) is 0. The summed E-state index contributed by atoms with van der Waals surface area (Å²) in [5.74, 6) is 0.799. The van der Waals surface area contributed by atoms with Crippen LogP contribution in [-0.2, 0) is 9.47 Å². The summed E-state index contributed by atoms with van der Waals surface area (Å²) in [7, 11) is 1.88. The molecule has 0 aromatic rings. The second-order valence-corrected chi connectivity index (χ2v) is 5.46. The minimum atomic E-state index is 0.0171. The molecule has 1 aliphatic carbocycles. The van der Waals surface area contributed by atoms with Crippen LogP contribution in [0.3, 0.4) is 0 Å². The fourth-order valence-corrected chi connectivity index (χ4v) is 3.65. The highest BCUT2D eigenvalue weighted by atomic mass is 16.5. The maximum Gasteiger partial charge on any atom is 0.0877 e. The first-order valence-electron chi connectivity index (χ1n) is 7.18. The van der Waals surface area contributed by atoms with E-state index in [2.05, 4.69) is 12.2 Å². The molecule has 1 atom stereocenters. The summed E-state index contributed by atoms with van der Waals surface area (Å²) in [6.07, 6.45) is 7.59. The number of ether oxygens (including phenoxy) is 2. The molecule has 1 heterocycles. The molecule has 1 saturated carbocycles. The Morgan fingerprint density at radius 1 is 1.29 bits per heavy atom. The summed E-state index contributed by atoms with van der Waals surface area (Å²) in [6.45, 7) is 4.93. The van der Waals surface area contributed by atoms with Crippen LogP contribution in [0.15, 0.2) is 0 Å². The molecule has 0 aromatic heterocycles. The topological polar surface area (TPSA) is 30.5 Å². The summed E-state index contributed by atoms with van der Waals surface area (Å²) in [5.41, 5.74) is 0.0171. The SMILES string of the molecule is CCNC(C1CCCC1)C1(OC)CCOCC1. The Balaban J connectivity index is 2.10. The normalized spacial score (nSPS) is 27.2. The third kappa shape index (κ3) is 2.83. The molecular formula is C14H27NO2. The van der Waals surface area contributed by atoms with Crippen molar-refractivity contribution >= 4 is 0 Å². The van der Waals surface area contributed by atoms with Gasteiger partial charge in [0.2, 0.25) is 0 Å². The number of hydrogen-bond acceptors (Lipinski definition) is 3. The number of methoxy groups -OCH3 is 1. The lowest BCUT2D eigenvalue weighted by Gasteiger charge is -2.45. The van der Waals surface area contributed by atoms with E-state index in [1.54, 1.807) is 0 Å². The van der Waals surface area contributed by atoms with E-state index in [0.29, 0.717) is 6.04 Å². The van der Waals surface area contributed by atoms with Crippen molar-refractivity contribution in [3.8, 4) is 0 Å². The zero-order valence-electron chi connectivity index (χ0n) is 11.3. The third-order valence-corrected chi connectivity index (χ3v) is 4.61. The van der Waals surface area contributed by atoms with Gasteiger partial charge in [-0.05, 0) is 25.3 Å². The third-order valence-electron chi connectivity index (χ3n) is 4.61. The molecule has 1 aliphatic heterocycles. The van der Waals surface area contributed by atoms with Gasteiger partial charge in [-0.15, -0.1) is 0 Å². The molecule has 1 N–H and O–H groups in total. The average molecular weight is 241 g/mol. The van der Waals surface area contributed by atoms with Gasteiger partial charge in [0.25, 0.3) is 0 Å². The van der Waals surface area contributed by atoms with Crippen LogP contribution in [0.25, 0.3) is 0 Å². The highest BCUT2D eigenvalue weighted by Crippen LogP contribution is 2.38. The smallest absolute Gasteiger partial charge is 0.0877 e. The molecule has 17 heavy (non-hydrogen) atoms. The Kier molecular flexibility index (Phi) is 4.83. The Labute approximate surface area is 105 Å². The van der Waals surface area contributed by atoms with Gasteiger partial charge < -0.3 is 14.8 Å². The van der Waals surface area contributed by atoms with E-state index < -0.39 is 0 Å². The van der Waals surface area contributed by atoms with E-state index in [1.807, 2.05) is 7.11 Å². The predicted octanol–water partition coefficient (Wildman–Crippen LogP) is 2.35. The highest BCUT2D eigenvalue weighted by Gasteiger charge is 2.44. The zero-order chi connectivity index (χ0) is 12.1. The molecule has 0 radical (unpaired) electrons. The van der Waals surface area contributed by atoms with Crippen molar-refractivity contribution in [2.24, 2.45) is 5.92 Å². The molecule has 2 fully saturated rings. The fourth-order valence-electron chi connectivity index (χ4n) is 3.65. The van der Waals surface area contributed by atoms with Gasteiger partial charge in [0, 0.05) is 39.2 Å². The molecule has 100 valence electrons.